The topological polar surface area (TPSA) is 75.4 Å². The van der Waals surface area contributed by atoms with Crippen LogP contribution in [0.1, 0.15) is 0 Å². The van der Waals surface area contributed by atoms with Crippen molar-refractivity contribution in [2.75, 3.05) is 23.7 Å². The van der Waals surface area contributed by atoms with E-state index in [2.05, 4.69) is 5.32 Å². The fourth-order valence-electron chi connectivity index (χ4n) is 1.66. The predicted molar refractivity (Wildman–Crippen MR) is 61.2 cm³/mol. The van der Waals surface area contributed by atoms with Crippen LogP contribution in [0.4, 0.5) is 11.4 Å². The maximum atomic E-state index is 11.2. The normalized spacial score (nSPS) is 16.2. The molecule has 5 nitrogen and oxygen atoms in total. The third-order valence-corrected chi connectivity index (χ3v) is 2.59. The molecule has 0 radical (unpaired) electrons. The highest BCUT2D eigenvalue weighted by atomic mass is 35.5. The Morgan fingerprint density at radius 3 is 2.44 bits per heavy atom. The van der Waals surface area contributed by atoms with Gasteiger partial charge >= 0.3 is 0 Å². The molecule has 2 rings (SSSR count). The third kappa shape index (κ3) is 1.94. The van der Waals surface area contributed by atoms with Crippen molar-refractivity contribution in [2.45, 2.75) is 0 Å². The van der Waals surface area contributed by atoms with Crippen molar-refractivity contribution in [3.05, 3.63) is 23.2 Å². The van der Waals surface area contributed by atoms with Crippen molar-refractivity contribution < 1.29 is 9.59 Å². The molecule has 0 atom stereocenters. The summed E-state index contributed by atoms with van der Waals surface area (Å²) < 4.78 is 0. The number of anilines is 2. The van der Waals surface area contributed by atoms with Gasteiger partial charge in [0, 0.05) is 0 Å². The Bertz CT molecular complexity index is 425. The van der Waals surface area contributed by atoms with Crippen molar-refractivity contribution in [2.24, 2.45) is 0 Å². The molecule has 1 aromatic rings. The Kier molecular flexibility index (Phi) is 2.70. The van der Waals surface area contributed by atoms with Crippen LogP contribution >= 0.6 is 11.6 Å². The van der Waals surface area contributed by atoms with Crippen molar-refractivity contribution >= 4 is 34.8 Å². The minimum absolute atomic E-state index is 0.0830. The summed E-state index contributed by atoms with van der Waals surface area (Å²) in [4.78, 5) is 24.0. The van der Waals surface area contributed by atoms with Gasteiger partial charge in [-0.15, -0.1) is 0 Å². The lowest BCUT2D eigenvalue weighted by Gasteiger charge is -2.29. The summed E-state index contributed by atoms with van der Waals surface area (Å²) in [6.07, 6.45) is 0. The standard InChI is InChI=1S/C10H10ClN3O2/c11-6-2-1-3-7(12)10(6)14-4-8(15)13-9(16)5-14/h1-3H,4-5,12H2,(H,13,15,16). The van der Waals surface area contributed by atoms with E-state index in [-0.39, 0.29) is 24.9 Å². The molecule has 16 heavy (non-hydrogen) atoms. The number of hydrogen-bond donors (Lipinski definition) is 2. The molecule has 0 spiro atoms. The van der Waals surface area contributed by atoms with E-state index in [1.807, 2.05) is 0 Å². The average Bonchev–Trinajstić information content (AvgIpc) is 2.15. The molecule has 1 aliphatic rings. The predicted octanol–water partition coefficient (Wildman–Crippen LogP) is 0.385. The van der Waals surface area contributed by atoms with Crippen LogP contribution in [0.5, 0.6) is 0 Å². The number of amides is 2. The van der Waals surface area contributed by atoms with Gasteiger partial charge in [-0.25, -0.2) is 0 Å². The van der Waals surface area contributed by atoms with Gasteiger partial charge in [-0.1, -0.05) is 17.7 Å². The van der Waals surface area contributed by atoms with Gasteiger partial charge in [0.05, 0.1) is 29.5 Å². The number of imide groups is 1. The Labute approximate surface area is 97.2 Å². The fraction of sp³-hybridized carbons (Fsp3) is 0.200. The summed E-state index contributed by atoms with van der Waals surface area (Å²) in [5.74, 6) is -0.703. The number of rotatable bonds is 1. The van der Waals surface area contributed by atoms with Gasteiger partial charge in [-0.05, 0) is 12.1 Å². The van der Waals surface area contributed by atoms with Crippen LogP contribution in [-0.4, -0.2) is 24.9 Å². The van der Waals surface area contributed by atoms with Gasteiger partial charge in [0.25, 0.3) is 0 Å². The highest BCUT2D eigenvalue weighted by Gasteiger charge is 2.25. The maximum absolute atomic E-state index is 11.2. The van der Waals surface area contributed by atoms with Gasteiger partial charge in [-0.2, -0.15) is 0 Å². The molecule has 0 bridgehead atoms. The van der Waals surface area contributed by atoms with Crippen LogP contribution in [0.2, 0.25) is 5.02 Å². The Morgan fingerprint density at radius 2 is 1.88 bits per heavy atom. The molecular formula is C10H10ClN3O2. The second-order valence-corrected chi connectivity index (χ2v) is 3.91. The molecule has 1 saturated heterocycles. The quantitative estimate of drug-likeness (QED) is 0.549. The van der Waals surface area contributed by atoms with Gasteiger partial charge < -0.3 is 10.6 Å². The molecule has 0 aliphatic carbocycles. The Hall–Kier alpha value is -1.75. The molecule has 1 heterocycles. The lowest BCUT2D eigenvalue weighted by atomic mass is 10.2. The van der Waals surface area contributed by atoms with Crippen LogP contribution < -0.4 is 16.0 Å². The van der Waals surface area contributed by atoms with E-state index in [4.69, 9.17) is 17.3 Å². The van der Waals surface area contributed by atoms with E-state index in [9.17, 15) is 9.59 Å². The Balaban J connectivity index is 2.36. The number of halogens is 1. The van der Waals surface area contributed by atoms with Crippen LogP contribution in [0.15, 0.2) is 18.2 Å². The van der Waals surface area contributed by atoms with Crippen molar-refractivity contribution in [1.82, 2.24) is 5.32 Å². The minimum Gasteiger partial charge on any atom is -0.397 e. The van der Waals surface area contributed by atoms with E-state index >= 15 is 0 Å². The van der Waals surface area contributed by atoms with E-state index in [0.29, 0.717) is 16.4 Å². The molecule has 84 valence electrons. The first-order chi connectivity index (χ1) is 7.58. The summed E-state index contributed by atoms with van der Waals surface area (Å²) in [6, 6.07) is 5.06. The van der Waals surface area contributed by atoms with Gasteiger partial charge in [0.1, 0.15) is 0 Å². The number of piperazine rings is 1. The second-order valence-electron chi connectivity index (χ2n) is 3.51. The monoisotopic (exact) mass is 239 g/mol. The second kappa shape index (κ2) is 4.02. The van der Waals surface area contributed by atoms with Gasteiger partial charge in [0.15, 0.2) is 0 Å². The first-order valence-corrected chi connectivity index (χ1v) is 5.07. The highest BCUT2D eigenvalue weighted by Crippen LogP contribution is 2.31. The zero-order valence-corrected chi connectivity index (χ0v) is 9.12. The van der Waals surface area contributed by atoms with Gasteiger partial charge in [0.2, 0.25) is 11.8 Å². The number of nitrogen functional groups attached to an aromatic ring is 1. The molecule has 1 fully saturated rings. The molecule has 1 aliphatic heterocycles. The third-order valence-electron chi connectivity index (χ3n) is 2.28. The van der Waals surface area contributed by atoms with E-state index in [0.717, 1.165) is 0 Å². The average molecular weight is 240 g/mol. The van der Waals surface area contributed by atoms with Gasteiger partial charge in [-0.3, -0.25) is 14.9 Å². The first kappa shape index (κ1) is 10.8. The van der Waals surface area contributed by atoms with Crippen molar-refractivity contribution in [1.29, 1.82) is 0 Å². The molecule has 3 N–H and O–H groups in total. The number of benzene rings is 1. The summed E-state index contributed by atoms with van der Waals surface area (Å²) in [6.45, 7) is 0.166. The molecule has 0 aromatic heterocycles. The van der Waals surface area contributed by atoms with E-state index in [1.165, 1.54) is 0 Å². The molecule has 6 heteroatoms. The summed E-state index contributed by atoms with van der Waals surface area (Å²) in [5, 5.41) is 2.65. The largest absolute Gasteiger partial charge is 0.397 e. The molecule has 0 unspecified atom stereocenters. The number of carbonyl (C=O) groups is 2. The number of hydrogen-bond acceptors (Lipinski definition) is 4. The smallest absolute Gasteiger partial charge is 0.246 e. The zero-order chi connectivity index (χ0) is 11.7. The molecule has 2 amide bonds. The van der Waals surface area contributed by atoms with Crippen LogP contribution in [0, 0.1) is 0 Å². The molecule has 0 saturated carbocycles. The molecular weight excluding hydrogens is 230 g/mol. The summed E-state index contributed by atoms with van der Waals surface area (Å²) in [7, 11) is 0. The number of nitrogens with two attached hydrogens (primary N) is 1. The fourth-order valence-corrected chi connectivity index (χ4v) is 1.96. The zero-order valence-electron chi connectivity index (χ0n) is 8.37. The Morgan fingerprint density at radius 1 is 1.25 bits per heavy atom. The van der Waals surface area contributed by atoms with Crippen LogP contribution in [0.3, 0.4) is 0 Å². The number of carbonyl (C=O) groups excluding carboxylic acids is 2. The lowest BCUT2D eigenvalue weighted by molar-refractivity contribution is -0.130. The van der Waals surface area contributed by atoms with Crippen LogP contribution in [-0.2, 0) is 9.59 Å². The first-order valence-electron chi connectivity index (χ1n) is 4.69. The SMILES string of the molecule is Nc1cccc(Cl)c1N1CC(=O)NC(=O)C1. The number of nitrogens with zero attached hydrogens (tertiary/aromatic N) is 1. The van der Waals surface area contributed by atoms with Crippen molar-refractivity contribution in [3.63, 3.8) is 0 Å². The number of para-hydroxylation sites is 1. The minimum atomic E-state index is -0.351. The maximum Gasteiger partial charge on any atom is 0.246 e. The van der Waals surface area contributed by atoms with Crippen molar-refractivity contribution in [3.8, 4) is 0 Å². The lowest BCUT2D eigenvalue weighted by Crippen LogP contribution is -2.51. The van der Waals surface area contributed by atoms with Crippen LogP contribution in [0.25, 0.3) is 0 Å². The highest BCUT2D eigenvalue weighted by molar-refractivity contribution is 6.34. The summed E-state index contributed by atoms with van der Waals surface area (Å²) >= 11 is 5.99. The van der Waals surface area contributed by atoms with E-state index in [1.54, 1.807) is 23.1 Å². The van der Waals surface area contributed by atoms with E-state index < -0.39 is 0 Å². The number of nitrogens with one attached hydrogen (secondary N) is 1. The summed E-state index contributed by atoms with van der Waals surface area (Å²) in [5.41, 5.74) is 6.76. The molecule has 1 aromatic carbocycles.